The maximum Gasteiger partial charge on any atom is 0.185 e. The predicted molar refractivity (Wildman–Crippen MR) is 83.1 cm³/mol. The normalized spacial score (nSPS) is 17.2. The van der Waals surface area contributed by atoms with Crippen LogP contribution in [0.2, 0.25) is 0 Å². The summed E-state index contributed by atoms with van der Waals surface area (Å²) in [5.74, 6) is 0.642. The van der Waals surface area contributed by atoms with Crippen molar-refractivity contribution < 1.29 is 19.1 Å². The van der Waals surface area contributed by atoms with Crippen LogP contribution < -0.4 is 4.74 Å². The van der Waals surface area contributed by atoms with E-state index < -0.39 is 5.41 Å². The first-order valence-corrected chi connectivity index (χ1v) is 7.39. The maximum atomic E-state index is 12.0. The van der Waals surface area contributed by atoms with Gasteiger partial charge in [0.15, 0.2) is 5.78 Å². The van der Waals surface area contributed by atoms with Crippen molar-refractivity contribution in [1.29, 1.82) is 0 Å². The first-order chi connectivity index (χ1) is 10.5. The molecule has 1 aliphatic rings. The minimum Gasteiger partial charge on any atom is -0.497 e. The second-order valence-corrected chi connectivity index (χ2v) is 5.71. The Kier molecular flexibility index (Phi) is 4.91. The van der Waals surface area contributed by atoms with Gasteiger partial charge in [-0.2, -0.15) is 0 Å². The molecule has 1 aromatic rings. The number of hydrogen-bond donors (Lipinski definition) is 0. The SMILES string of the molecule is COc1ccc(C(=O)/C=C/CCC2(C)C(=O)CCC2=O)cc1. The second-order valence-electron chi connectivity index (χ2n) is 5.71. The van der Waals surface area contributed by atoms with E-state index in [1.807, 2.05) is 0 Å². The van der Waals surface area contributed by atoms with Gasteiger partial charge >= 0.3 is 0 Å². The van der Waals surface area contributed by atoms with E-state index >= 15 is 0 Å². The van der Waals surface area contributed by atoms with E-state index in [0.29, 0.717) is 37.0 Å². The van der Waals surface area contributed by atoms with Gasteiger partial charge in [-0.05, 0) is 50.1 Å². The number of Topliss-reactive ketones (excluding diaryl/α,β-unsaturated/α-hetero) is 2. The Morgan fingerprint density at radius 3 is 2.32 bits per heavy atom. The molecule has 0 bridgehead atoms. The fourth-order valence-corrected chi connectivity index (χ4v) is 2.63. The number of methoxy groups -OCH3 is 1. The van der Waals surface area contributed by atoms with Gasteiger partial charge in [0.05, 0.1) is 12.5 Å². The van der Waals surface area contributed by atoms with Crippen molar-refractivity contribution in [3.63, 3.8) is 0 Å². The summed E-state index contributed by atoms with van der Waals surface area (Å²) in [5, 5.41) is 0. The summed E-state index contributed by atoms with van der Waals surface area (Å²) in [6.45, 7) is 1.71. The molecule has 0 unspecified atom stereocenters. The standard InChI is InChI=1S/C18H20O4/c1-18(16(20)10-11-17(18)21)12-4-3-5-15(19)13-6-8-14(22-2)9-7-13/h3,5-9H,4,10-12H2,1-2H3/b5-3+. The molecule has 0 atom stereocenters. The smallest absolute Gasteiger partial charge is 0.185 e. The van der Waals surface area contributed by atoms with Crippen molar-refractivity contribution >= 4 is 17.3 Å². The molecule has 1 aliphatic carbocycles. The number of allylic oxidation sites excluding steroid dienone is 2. The topological polar surface area (TPSA) is 60.4 Å². The monoisotopic (exact) mass is 300 g/mol. The van der Waals surface area contributed by atoms with E-state index in [9.17, 15) is 14.4 Å². The lowest BCUT2D eigenvalue weighted by molar-refractivity contribution is -0.134. The predicted octanol–water partition coefficient (Wildman–Crippen LogP) is 3.15. The lowest BCUT2D eigenvalue weighted by Gasteiger charge is -2.18. The molecule has 22 heavy (non-hydrogen) atoms. The molecule has 4 heteroatoms. The Morgan fingerprint density at radius 1 is 1.18 bits per heavy atom. The molecule has 0 heterocycles. The number of benzene rings is 1. The van der Waals surface area contributed by atoms with E-state index in [2.05, 4.69) is 0 Å². The van der Waals surface area contributed by atoms with Crippen LogP contribution in [-0.4, -0.2) is 24.5 Å². The van der Waals surface area contributed by atoms with Gasteiger partial charge in [0.2, 0.25) is 0 Å². The summed E-state index contributed by atoms with van der Waals surface area (Å²) in [4.78, 5) is 35.6. The average molecular weight is 300 g/mol. The van der Waals surface area contributed by atoms with Gasteiger partial charge < -0.3 is 4.74 Å². The van der Waals surface area contributed by atoms with Crippen LogP contribution in [0.15, 0.2) is 36.4 Å². The van der Waals surface area contributed by atoms with Crippen molar-refractivity contribution in [1.82, 2.24) is 0 Å². The second kappa shape index (κ2) is 6.69. The Hall–Kier alpha value is -2.23. The molecule has 0 N–H and O–H groups in total. The third kappa shape index (κ3) is 3.32. The summed E-state index contributed by atoms with van der Waals surface area (Å²) in [6.07, 6.45) is 4.94. The fraction of sp³-hybridized carbons (Fsp3) is 0.389. The highest BCUT2D eigenvalue weighted by molar-refractivity contribution is 6.12. The molecule has 1 fully saturated rings. The van der Waals surface area contributed by atoms with Crippen molar-refractivity contribution in [2.75, 3.05) is 7.11 Å². The summed E-state index contributed by atoms with van der Waals surface area (Å²) < 4.78 is 5.04. The number of carbonyl (C=O) groups is 3. The quantitative estimate of drug-likeness (QED) is 0.460. The maximum absolute atomic E-state index is 12.0. The number of ether oxygens (including phenoxy) is 1. The van der Waals surface area contributed by atoms with E-state index in [1.165, 1.54) is 6.08 Å². The first-order valence-electron chi connectivity index (χ1n) is 7.39. The zero-order valence-corrected chi connectivity index (χ0v) is 12.9. The summed E-state index contributed by atoms with van der Waals surface area (Å²) >= 11 is 0. The lowest BCUT2D eigenvalue weighted by Crippen LogP contribution is -2.28. The average Bonchev–Trinajstić information content (AvgIpc) is 2.79. The Bertz CT molecular complexity index is 594. The van der Waals surface area contributed by atoms with E-state index in [4.69, 9.17) is 4.74 Å². The van der Waals surface area contributed by atoms with Crippen molar-refractivity contribution in [3.05, 3.63) is 42.0 Å². The summed E-state index contributed by atoms with van der Waals surface area (Å²) in [6, 6.07) is 6.88. The van der Waals surface area contributed by atoms with Crippen LogP contribution in [-0.2, 0) is 9.59 Å². The first kappa shape index (κ1) is 16.1. The molecule has 0 amide bonds. The number of rotatable bonds is 6. The van der Waals surface area contributed by atoms with Crippen LogP contribution in [0.25, 0.3) is 0 Å². The van der Waals surface area contributed by atoms with E-state index in [-0.39, 0.29) is 17.3 Å². The lowest BCUT2D eigenvalue weighted by atomic mass is 9.82. The Morgan fingerprint density at radius 2 is 1.77 bits per heavy atom. The Balaban J connectivity index is 1.90. The molecule has 0 aliphatic heterocycles. The third-order valence-electron chi connectivity index (χ3n) is 4.26. The zero-order valence-electron chi connectivity index (χ0n) is 12.9. The highest BCUT2D eigenvalue weighted by Gasteiger charge is 2.44. The molecule has 0 radical (unpaired) electrons. The highest BCUT2D eigenvalue weighted by Crippen LogP contribution is 2.35. The van der Waals surface area contributed by atoms with Crippen molar-refractivity contribution in [2.24, 2.45) is 5.41 Å². The molecular formula is C18H20O4. The molecule has 1 aromatic carbocycles. The van der Waals surface area contributed by atoms with Crippen LogP contribution in [0, 0.1) is 5.41 Å². The molecule has 0 aromatic heterocycles. The van der Waals surface area contributed by atoms with Crippen LogP contribution >= 0.6 is 0 Å². The van der Waals surface area contributed by atoms with Crippen LogP contribution in [0.4, 0.5) is 0 Å². The van der Waals surface area contributed by atoms with Crippen LogP contribution in [0.3, 0.4) is 0 Å². The van der Waals surface area contributed by atoms with Gasteiger partial charge in [-0.15, -0.1) is 0 Å². The van der Waals surface area contributed by atoms with Gasteiger partial charge in [0, 0.05) is 18.4 Å². The molecule has 1 saturated carbocycles. The molecule has 116 valence electrons. The van der Waals surface area contributed by atoms with Crippen molar-refractivity contribution in [2.45, 2.75) is 32.6 Å². The molecule has 2 rings (SSSR count). The van der Waals surface area contributed by atoms with Crippen molar-refractivity contribution in [3.8, 4) is 5.75 Å². The minimum absolute atomic E-state index is 0.0207. The van der Waals surface area contributed by atoms with Gasteiger partial charge in [-0.3, -0.25) is 14.4 Å². The summed E-state index contributed by atoms with van der Waals surface area (Å²) in [5.41, 5.74) is -0.274. The van der Waals surface area contributed by atoms with Crippen LogP contribution in [0.1, 0.15) is 43.0 Å². The molecular weight excluding hydrogens is 280 g/mol. The molecule has 0 spiro atoms. The fourth-order valence-electron chi connectivity index (χ4n) is 2.63. The molecule has 4 nitrogen and oxygen atoms in total. The highest BCUT2D eigenvalue weighted by atomic mass is 16.5. The largest absolute Gasteiger partial charge is 0.497 e. The minimum atomic E-state index is -0.854. The zero-order chi connectivity index (χ0) is 16.2. The van der Waals surface area contributed by atoms with Gasteiger partial charge in [0.25, 0.3) is 0 Å². The summed E-state index contributed by atoms with van der Waals surface area (Å²) in [7, 11) is 1.57. The van der Waals surface area contributed by atoms with Gasteiger partial charge in [-0.25, -0.2) is 0 Å². The number of ketones is 3. The number of hydrogen-bond acceptors (Lipinski definition) is 4. The third-order valence-corrected chi connectivity index (χ3v) is 4.26. The van der Waals surface area contributed by atoms with Gasteiger partial charge in [-0.1, -0.05) is 6.08 Å². The van der Waals surface area contributed by atoms with E-state index in [0.717, 1.165) is 0 Å². The number of carbonyl (C=O) groups excluding carboxylic acids is 3. The Labute approximate surface area is 130 Å². The van der Waals surface area contributed by atoms with Gasteiger partial charge in [0.1, 0.15) is 17.3 Å². The molecule has 0 saturated heterocycles. The van der Waals surface area contributed by atoms with Crippen LogP contribution in [0.5, 0.6) is 5.75 Å². The van der Waals surface area contributed by atoms with E-state index in [1.54, 1.807) is 44.4 Å².